The molecule has 0 bridgehead atoms. The lowest BCUT2D eigenvalue weighted by Crippen LogP contribution is -2.17. The highest BCUT2D eigenvalue weighted by molar-refractivity contribution is 8.00. The van der Waals surface area contributed by atoms with Crippen LogP contribution in [0.4, 0.5) is 10.5 Å². The summed E-state index contributed by atoms with van der Waals surface area (Å²) in [7, 11) is 0. The number of carbonyl (C=O) groups excluding carboxylic acids is 1. The standard InChI is InChI=1S/C16H13N3O2S2/c20-15(17-13-9-5-2-6-10-13)21-14-18-16(23-19-14)22-11-12-7-3-1-4-8-12/h1-10H,11H2,(H,17,20). The highest BCUT2D eigenvalue weighted by Gasteiger charge is 2.11. The van der Waals surface area contributed by atoms with Crippen LogP contribution in [0.1, 0.15) is 5.56 Å². The monoisotopic (exact) mass is 343 g/mol. The lowest BCUT2D eigenvalue weighted by molar-refractivity contribution is 0.211. The first-order valence-electron chi connectivity index (χ1n) is 6.84. The van der Waals surface area contributed by atoms with Crippen LogP contribution in [0.3, 0.4) is 0 Å². The number of rotatable bonds is 5. The molecule has 0 aliphatic heterocycles. The predicted molar refractivity (Wildman–Crippen MR) is 92.0 cm³/mol. The number of aromatic nitrogens is 2. The van der Waals surface area contributed by atoms with Crippen molar-refractivity contribution in [1.29, 1.82) is 0 Å². The molecule has 0 radical (unpaired) electrons. The van der Waals surface area contributed by atoms with E-state index >= 15 is 0 Å². The first kappa shape index (κ1) is 15.5. The molecule has 7 heteroatoms. The van der Waals surface area contributed by atoms with Crippen molar-refractivity contribution in [3.8, 4) is 6.01 Å². The Balaban J connectivity index is 1.52. The second kappa shape index (κ2) is 7.75. The molecular weight excluding hydrogens is 330 g/mol. The molecule has 1 heterocycles. The molecule has 0 spiro atoms. The van der Waals surface area contributed by atoms with Gasteiger partial charge in [0.05, 0.1) is 0 Å². The van der Waals surface area contributed by atoms with Crippen molar-refractivity contribution in [3.63, 3.8) is 0 Å². The number of amides is 1. The number of anilines is 1. The third-order valence-electron chi connectivity index (χ3n) is 2.80. The van der Waals surface area contributed by atoms with E-state index in [1.165, 1.54) is 17.1 Å². The third-order valence-corrected chi connectivity index (χ3v) is 4.69. The zero-order valence-corrected chi connectivity index (χ0v) is 13.6. The van der Waals surface area contributed by atoms with E-state index in [1.807, 2.05) is 36.4 Å². The summed E-state index contributed by atoms with van der Waals surface area (Å²) in [4.78, 5) is 15.9. The minimum absolute atomic E-state index is 0.0685. The Morgan fingerprint density at radius 1 is 1.09 bits per heavy atom. The fourth-order valence-electron chi connectivity index (χ4n) is 1.76. The highest BCUT2D eigenvalue weighted by atomic mass is 32.2. The van der Waals surface area contributed by atoms with E-state index in [1.54, 1.807) is 23.9 Å². The minimum Gasteiger partial charge on any atom is -0.373 e. The molecule has 0 saturated carbocycles. The van der Waals surface area contributed by atoms with E-state index in [0.717, 1.165) is 10.1 Å². The molecule has 5 nitrogen and oxygen atoms in total. The van der Waals surface area contributed by atoms with Crippen molar-refractivity contribution in [2.75, 3.05) is 5.32 Å². The molecule has 0 unspecified atom stereocenters. The molecule has 0 fully saturated rings. The van der Waals surface area contributed by atoms with Crippen LogP contribution < -0.4 is 10.1 Å². The summed E-state index contributed by atoms with van der Waals surface area (Å²) < 4.78 is 9.87. The number of hydrogen-bond acceptors (Lipinski definition) is 6. The van der Waals surface area contributed by atoms with Crippen LogP contribution in [0.2, 0.25) is 0 Å². The molecule has 0 aliphatic rings. The second-order valence-corrected chi connectivity index (χ2v) is 6.47. The Kier molecular flexibility index (Phi) is 5.23. The average Bonchev–Trinajstić information content (AvgIpc) is 3.02. The van der Waals surface area contributed by atoms with Gasteiger partial charge in [-0.1, -0.05) is 60.3 Å². The highest BCUT2D eigenvalue weighted by Crippen LogP contribution is 2.26. The summed E-state index contributed by atoms with van der Waals surface area (Å²) in [5.74, 6) is 0.797. The number of thioether (sulfide) groups is 1. The van der Waals surface area contributed by atoms with Gasteiger partial charge in [-0.25, -0.2) is 4.79 Å². The summed E-state index contributed by atoms with van der Waals surface area (Å²) in [5, 5.41) is 2.61. The van der Waals surface area contributed by atoms with Gasteiger partial charge in [-0.2, -0.15) is 4.98 Å². The van der Waals surface area contributed by atoms with Crippen LogP contribution in [0.15, 0.2) is 65.0 Å². The largest absolute Gasteiger partial charge is 0.419 e. The lowest BCUT2D eigenvalue weighted by Gasteiger charge is -2.02. The topological polar surface area (TPSA) is 64.1 Å². The quantitative estimate of drug-likeness (QED) is 0.694. The molecule has 0 aliphatic carbocycles. The number of carbonyl (C=O) groups is 1. The van der Waals surface area contributed by atoms with Crippen LogP contribution in [0.5, 0.6) is 6.01 Å². The maximum atomic E-state index is 11.8. The fraction of sp³-hybridized carbons (Fsp3) is 0.0625. The summed E-state index contributed by atoms with van der Waals surface area (Å²) in [6, 6.07) is 19.2. The Bertz CT molecular complexity index is 763. The van der Waals surface area contributed by atoms with Crippen LogP contribution in [-0.2, 0) is 5.75 Å². The van der Waals surface area contributed by atoms with Crippen molar-refractivity contribution in [1.82, 2.24) is 9.36 Å². The van der Waals surface area contributed by atoms with Crippen molar-refractivity contribution in [3.05, 3.63) is 66.2 Å². The molecular formula is C16H13N3O2S2. The summed E-state index contributed by atoms with van der Waals surface area (Å²) in [5.41, 5.74) is 1.86. The van der Waals surface area contributed by atoms with E-state index in [4.69, 9.17) is 4.74 Å². The lowest BCUT2D eigenvalue weighted by atomic mass is 10.2. The number of hydrogen-bond donors (Lipinski definition) is 1. The van der Waals surface area contributed by atoms with Gasteiger partial charge in [-0.15, -0.1) is 4.37 Å². The van der Waals surface area contributed by atoms with Crippen molar-refractivity contribution < 1.29 is 9.53 Å². The molecule has 116 valence electrons. The third kappa shape index (κ3) is 4.80. The number of ether oxygens (including phenoxy) is 1. The van der Waals surface area contributed by atoms with E-state index in [9.17, 15) is 4.79 Å². The van der Waals surface area contributed by atoms with Gasteiger partial charge in [0.2, 0.25) is 0 Å². The van der Waals surface area contributed by atoms with Gasteiger partial charge in [-0.3, -0.25) is 5.32 Å². The zero-order chi connectivity index (χ0) is 15.9. The van der Waals surface area contributed by atoms with Crippen LogP contribution >= 0.6 is 23.3 Å². The molecule has 23 heavy (non-hydrogen) atoms. The Morgan fingerprint density at radius 2 is 1.78 bits per heavy atom. The van der Waals surface area contributed by atoms with Gasteiger partial charge < -0.3 is 4.74 Å². The Morgan fingerprint density at radius 3 is 2.52 bits per heavy atom. The van der Waals surface area contributed by atoms with Crippen molar-refractivity contribution in [2.45, 2.75) is 10.1 Å². The second-order valence-electron chi connectivity index (χ2n) is 4.50. The van der Waals surface area contributed by atoms with E-state index in [-0.39, 0.29) is 6.01 Å². The van der Waals surface area contributed by atoms with Crippen LogP contribution in [-0.4, -0.2) is 15.5 Å². The Labute approximate surface area is 141 Å². The predicted octanol–water partition coefficient (Wildman–Crippen LogP) is 4.44. The number of benzene rings is 2. The first-order chi connectivity index (χ1) is 11.3. The van der Waals surface area contributed by atoms with Crippen molar-refractivity contribution >= 4 is 35.1 Å². The Hall–Kier alpha value is -2.38. The van der Waals surface area contributed by atoms with Gasteiger partial charge >= 0.3 is 12.1 Å². The molecule has 3 aromatic rings. The molecule has 0 atom stereocenters. The summed E-state index contributed by atoms with van der Waals surface area (Å²) >= 11 is 2.77. The fourth-order valence-corrected chi connectivity index (χ4v) is 3.24. The SMILES string of the molecule is O=C(Nc1ccccc1)Oc1nsc(SCc2ccccc2)n1. The number of para-hydroxylation sites is 1. The van der Waals surface area contributed by atoms with Crippen molar-refractivity contribution in [2.24, 2.45) is 0 Å². The molecule has 0 saturated heterocycles. The maximum Gasteiger partial charge on any atom is 0.419 e. The number of nitrogens with zero attached hydrogens (tertiary/aromatic N) is 2. The van der Waals surface area contributed by atoms with Crippen LogP contribution in [0.25, 0.3) is 0 Å². The van der Waals surface area contributed by atoms with Gasteiger partial charge in [-0.05, 0) is 29.2 Å². The smallest absolute Gasteiger partial charge is 0.373 e. The van der Waals surface area contributed by atoms with E-state index in [0.29, 0.717) is 5.69 Å². The van der Waals surface area contributed by atoms with Gasteiger partial charge in [0, 0.05) is 11.4 Å². The molecule has 3 rings (SSSR count). The summed E-state index contributed by atoms with van der Waals surface area (Å²) in [6.07, 6.45) is -0.603. The molecule has 1 N–H and O–H groups in total. The maximum absolute atomic E-state index is 11.8. The van der Waals surface area contributed by atoms with Gasteiger partial charge in [0.1, 0.15) is 0 Å². The molecule has 1 aromatic heterocycles. The van der Waals surface area contributed by atoms with Gasteiger partial charge in [0.25, 0.3) is 0 Å². The molecule has 2 aromatic carbocycles. The molecule has 1 amide bonds. The van der Waals surface area contributed by atoms with Gasteiger partial charge in [0.15, 0.2) is 4.34 Å². The number of nitrogens with one attached hydrogen (secondary N) is 1. The normalized spacial score (nSPS) is 10.3. The summed E-state index contributed by atoms with van der Waals surface area (Å²) in [6.45, 7) is 0. The average molecular weight is 343 g/mol. The minimum atomic E-state index is -0.603. The zero-order valence-electron chi connectivity index (χ0n) is 12.0. The van der Waals surface area contributed by atoms with E-state index < -0.39 is 6.09 Å². The first-order valence-corrected chi connectivity index (χ1v) is 8.60. The van der Waals surface area contributed by atoms with Crippen LogP contribution in [0, 0.1) is 0 Å². The van der Waals surface area contributed by atoms with E-state index in [2.05, 4.69) is 26.8 Å².